The quantitative estimate of drug-likeness (QED) is 0.820. The zero-order valence-corrected chi connectivity index (χ0v) is 11.1. The lowest BCUT2D eigenvalue weighted by molar-refractivity contribution is 0.0323. The Kier molecular flexibility index (Phi) is 3.99. The maximum absolute atomic E-state index is 10.2. The standard InChI is InChI=1S/C14H21N3O/c1-3-14(18,4-2)11-15-9-12-10-16-17-8-6-5-7-13(12)17/h5-8,10,15,18H,3-4,9,11H2,1-2H3. The Morgan fingerprint density at radius 1 is 1.33 bits per heavy atom. The molecule has 4 heteroatoms. The third-order valence-corrected chi connectivity index (χ3v) is 3.59. The van der Waals surface area contributed by atoms with Crippen molar-refractivity contribution in [3.05, 3.63) is 36.2 Å². The van der Waals surface area contributed by atoms with Crippen LogP contribution in [-0.4, -0.2) is 26.9 Å². The Labute approximate surface area is 108 Å². The van der Waals surface area contributed by atoms with Gasteiger partial charge in [0, 0.05) is 24.8 Å². The van der Waals surface area contributed by atoms with Gasteiger partial charge in [-0.25, -0.2) is 4.52 Å². The summed E-state index contributed by atoms with van der Waals surface area (Å²) >= 11 is 0. The Morgan fingerprint density at radius 2 is 2.11 bits per heavy atom. The summed E-state index contributed by atoms with van der Waals surface area (Å²) in [5.74, 6) is 0. The minimum Gasteiger partial charge on any atom is -0.389 e. The molecule has 0 saturated heterocycles. The van der Waals surface area contributed by atoms with E-state index >= 15 is 0 Å². The van der Waals surface area contributed by atoms with Gasteiger partial charge in [0.05, 0.1) is 17.3 Å². The van der Waals surface area contributed by atoms with Crippen molar-refractivity contribution < 1.29 is 5.11 Å². The van der Waals surface area contributed by atoms with E-state index in [1.807, 2.05) is 42.9 Å². The highest BCUT2D eigenvalue weighted by atomic mass is 16.3. The van der Waals surface area contributed by atoms with Crippen LogP contribution in [0.15, 0.2) is 30.6 Å². The molecule has 0 aliphatic carbocycles. The molecule has 2 heterocycles. The molecule has 0 spiro atoms. The number of aliphatic hydroxyl groups is 1. The average Bonchev–Trinajstić information content (AvgIpc) is 2.82. The number of hydrogen-bond acceptors (Lipinski definition) is 3. The second kappa shape index (κ2) is 5.50. The fourth-order valence-corrected chi connectivity index (χ4v) is 2.05. The zero-order chi connectivity index (χ0) is 13.0. The van der Waals surface area contributed by atoms with Crippen LogP contribution in [0.1, 0.15) is 32.3 Å². The first kappa shape index (κ1) is 13.1. The van der Waals surface area contributed by atoms with Crippen molar-refractivity contribution in [1.29, 1.82) is 0 Å². The van der Waals surface area contributed by atoms with E-state index < -0.39 is 5.60 Å². The number of fused-ring (bicyclic) bond motifs is 1. The predicted molar refractivity (Wildman–Crippen MR) is 72.4 cm³/mol. The fourth-order valence-electron chi connectivity index (χ4n) is 2.05. The van der Waals surface area contributed by atoms with E-state index in [1.54, 1.807) is 0 Å². The molecule has 2 aromatic heterocycles. The van der Waals surface area contributed by atoms with E-state index in [4.69, 9.17) is 0 Å². The molecule has 0 fully saturated rings. The van der Waals surface area contributed by atoms with Crippen molar-refractivity contribution >= 4 is 5.52 Å². The van der Waals surface area contributed by atoms with E-state index in [9.17, 15) is 5.11 Å². The van der Waals surface area contributed by atoms with Gasteiger partial charge in [-0.2, -0.15) is 5.10 Å². The number of aromatic nitrogens is 2. The number of rotatable bonds is 6. The molecule has 0 amide bonds. The van der Waals surface area contributed by atoms with Gasteiger partial charge in [-0.3, -0.25) is 0 Å². The smallest absolute Gasteiger partial charge is 0.0766 e. The zero-order valence-electron chi connectivity index (χ0n) is 11.1. The van der Waals surface area contributed by atoms with Crippen LogP contribution in [0, 0.1) is 0 Å². The number of nitrogens with zero attached hydrogens (tertiary/aromatic N) is 2. The van der Waals surface area contributed by atoms with Crippen molar-refractivity contribution in [2.24, 2.45) is 0 Å². The maximum atomic E-state index is 10.2. The highest BCUT2D eigenvalue weighted by Crippen LogP contribution is 2.14. The fraction of sp³-hybridized carbons (Fsp3) is 0.500. The van der Waals surface area contributed by atoms with Gasteiger partial charge in [0.15, 0.2) is 0 Å². The summed E-state index contributed by atoms with van der Waals surface area (Å²) in [5.41, 5.74) is 1.68. The summed E-state index contributed by atoms with van der Waals surface area (Å²) in [7, 11) is 0. The first-order valence-electron chi connectivity index (χ1n) is 6.53. The molecule has 98 valence electrons. The summed E-state index contributed by atoms with van der Waals surface area (Å²) in [5, 5.41) is 17.8. The van der Waals surface area contributed by atoms with Crippen molar-refractivity contribution in [1.82, 2.24) is 14.9 Å². The van der Waals surface area contributed by atoms with Gasteiger partial charge >= 0.3 is 0 Å². The molecule has 0 radical (unpaired) electrons. The molecule has 0 aliphatic rings. The highest BCUT2D eigenvalue weighted by Gasteiger charge is 2.21. The summed E-state index contributed by atoms with van der Waals surface area (Å²) in [4.78, 5) is 0. The van der Waals surface area contributed by atoms with Crippen LogP contribution in [0.2, 0.25) is 0 Å². The second-order valence-corrected chi connectivity index (χ2v) is 4.74. The van der Waals surface area contributed by atoms with Gasteiger partial charge in [0.1, 0.15) is 0 Å². The largest absolute Gasteiger partial charge is 0.389 e. The van der Waals surface area contributed by atoms with E-state index in [1.165, 1.54) is 0 Å². The van der Waals surface area contributed by atoms with E-state index in [0.717, 1.165) is 30.5 Å². The van der Waals surface area contributed by atoms with Crippen molar-refractivity contribution in [2.45, 2.75) is 38.8 Å². The number of hydrogen-bond donors (Lipinski definition) is 2. The van der Waals surface area contributed by atoms with Crippen molar-refractivity contribution in [3.8, 4) is 0 Å². The molecule has 4 nitrogen and oxygen atoms in total. The molecule has 0 unspecified atom stereocenters. The third-order valence-electron chi connectivity index (χ3n) is 3.59. The predicted octanol–water partition coefficient (Wildman–Crippen LogP) is 1.97. The molecule has 2 rings (SSSR count). The van der Waals surface area contributed by atoms with Crippen LogP contribution >= 0.6 is 0 Å². The highest BCUT2D eigenvalue weighted by molar-refractivity contribution is 5.53. The summed E-state index contributed by atoms with van der Waals surface area (Å²) < 4.78 is 1.86. The van der Waals surface area contributed by atoms with Crippen LogP contribution in [0.25, 0.3) is 5.52 Å². The summed E-state index contributed by atoms with van der Waals surface area (Å²) in [6, 6.07) is 6.02. The second-order valence-electron chi connectivity index (χ2n) is 4.74. The molecule has 2 aromatic rings. The van der Waals surface area contributed by atoms with Gasteiger partial charge in [-0.1, -0.05) is 19.9 Å². The Morgan fingerprint density at radius 3 is 2.83 bits per heavy atom. The molecule has 18 heavy (non-hydrogen) atoms. The molecule has 0 saturated carbocycles. The van der Waals surface area contributed by atoms with E-state index in [2.05, 4.69) is 16.5 Å². The normalized spacial score (nSPS) is 12.2. The van der Waals surface area contributed by atoms with Crippen LogP contribution < -0.4 is 5.32 Å². The number of nitrogens with one attached hydrogen (secondary N) is 1. The van der Waals surface area contributed by atoms with Gasteiger partial charge in [-0.15, -0.1) is 0 Å². The van der Waals surface area contributed by atoms with Crippen LogP contribution in [0.3, 0.4) is 0 Å². The van der Waals surface area contributed by atoms with Gasteiger partial charge < -0.3 is 10.4 Å². The Balaban J connectivity index is 1.98. The van der Waals surface area contributed by atoms with Crippen LogP contribution in [0.5, 0.6) is 0 Å². The van der Waals surface area contributed by atoms with Crippen molar-refractivity contribution in [2.75, 3.05) is 6.54 Å². The molecule has 2 N–H and O–H groups in total. The summed E-state index contributed by atoms with van der Waals surface area (Å²) in [6.45, 7) is 5.38. The van der Waals surface area contributed by atoms with E-state index in [-0.39, 0.29) is 0 Å². The van der Waals surface area contributed by atoms with Gasteiger partial charge in [-0.05, 0) is 25.0 Å². The Hall–Kier alpha value is -1.39. The lowest BCUT2D eigenvalue weighted by Crippen LogP contribution is -2.39. The summed E-state index contributed by atoms with van der Waals surface area (Å²) in [6.07, 6.45) is 5.35. The lowest BCUT2D eigenvalue weighted by Gasteiger charge is -2.25. The SMILES string of the molecule is CCC(O)(CC)CNCc1cnn2ccccc12. The van der Waals surface area contributed by atoms with Gasteiger partial charge in [0.2, 0.25) is 0 Å². The average molecular weight is 247 g/mol. The van der Waals surface area contributed by atoms with Crippen LogP contribution in [-0.2, 0) is 6.54 Å². The third kappa shape index (κ3) is 2.71. The molecule has 0 atom stereocenters. The minimum atomic E-state index is -0.594. The lowest BCUT2D eigenvalue weighted by atomic mass is 9.97. The Bertz CT molecular complexity index is 502. The molecule has 0 bridgehead atoms. The molecular weight excluding hydrogens is 226 g/mol. The van der Waals surface area contributed by atoms with Crippen LogP contribution in [0.4, 0.5) is 0 Å². The monoisotopic (exact) mass is 247 g/mol. The van der Waals surface area contributed by atoms with Crippen molar-refractivity contribution in [3.63, 3.8) is 0 Å². The molecule has 0 aliphatic heterocycles. The topological polar surface area (TPSA) is 49.6 Å². The first-order chi connectivity index (χ1) is 8.68. The first-order valence-corrected chi connectivity index (χ1v) is 6.53. The number of pyridine rings is 1. The maximum Gasteiger partial charge on any atom is 0.0766 e. The minimum absolute atomic E-state index is 0.594. The van der Waals surface area contributed by atoms with E-state index in [0.29, 0.717) is 6.54 Å². The molecular formula is C14H21N3O. The van der Waals surface area contributed by atoms with Gasteiger partial charge in [0.25, 0.3) is 0 Å². The molecule has 0 aromatic carbocycles.